The van der Waals surface area contributed by atoms with Crippen molar-refractivity contribution in [3.05, 3.63) is 21.3 Å². The third-order valence-electron chi connectivity index (χ3n) is 2.99. The lowest BCUT2D eigenvalue weighted by Crippen LogP contribution is -2.53. The number of hydrogen-bond acceptors (Lipinski definition) is 4. The fraction of sp³-hybridized carbons (Fsp3) is 0.545. The summed E-state index contributed by atoms with van der Waals surface area (Å²) in [6.45, 7) is 2.72. The molecule has 1 unspecified atom stereocenters. The molecule has 2 heterocycles. The van der Waals surface area contributed by atoms with Crippen molar-refractivity contribution in [3.8, 4) is 0 Å². The Bertz CT molecular complexity index is 393. The molecule has 2 rings (SSSR count). The Kier molecular flexibility index (Phi) is 3.64. The second kappa shape index (κ2) is 4.84. The molecule has 0 aliphatic carbocycles. The Morgan fingerprint density at radius 2 is 2.25 bits per heavy atom. The van der Waals surface area contributed by atoms with Crippen LogP contribution in [-0.2, 0) is 0 Å². The fourth-order valence-corrected chi connectivity index (χ4v) is 3.05. The lowest BCUT2D eigenvalue weighted by Gasteiger charge is -2.36. The first-order valence-corrected chi connectivity index (χ1v) is 6.51. The number of Topliss-reactive ketones (excluding diaryl/α,β-unsaturated/α-hetero) is 1. The maximum atomic E-state index is 12.3. The zero-order chi connectivity index (χ0) is 11.7. The minimum atomic E-state index is -0.0603. The van der Waals surface area contributed by atoms with Crippen molar-refractivity contribution >= 4 is 28.7 Å². The molecule has 1 aliphatic rings. The number of carbonyl (C=O) groups excluding carboxylic acids is 1. The summed E-state index contributed by atoms with van der Waals surface area (Å²) >= 11 is 7.42. The summed E-state index contributed by atoms with van der Waals surface area (Å²) in [5, 5.41) is 2.44. The van der Waals surface area contributed by atoms with Gasteiger partial charge in [-0.3, -0.25) is 9.69 Å². The van der Waals surface area contributed by atoms with E-state index in [1.54, 1.807) is 6.07 Å². The van der Waals surface area contributed by atoms with Crippen LogP contribution in [0.1, 0.15) is 9.67 Å². The second-order valence-electron chi connectivity index (χ2n) is 4.22. The maximum absolute atomic E-state index is 12.3. The van der Waals surface area contributed by atoms with E-state index in [2.05, 4.69) is 9.80 Å². The first-order valence-electron chi connectivity index (χ1n) is 5.25. The minimum absolute atomic E-state index is 0.0603. The number of nitrogens with zero attached hydrogens (tertiary/aromatic N) is 2. The summed E-state index contributed by atoms with van der Waals surface area (Å²) < 4.78 is 0. The molecular weight excluding hydrogens is 244 g/mol. The van der Waals surface area contributed by atoms with E-state index in [0.717, 1.165) is 19.6 Å². The van der Waals surface area contributed by atoms with Gasteiger partial charge in [-0.15, -0.1) is 11.3 Å². The van der Waals surface area contributed by atoms with Gasteiger partial charge in [-0.25, -0.2) is 0 Å². The van der Waals surface area contributed by atoms with Gasteiger partial charge in [0.25, 0.3) is 0 Å². The van der Waals surface area contributed by atoms with Gasteiger partial charge >= 0.3 is 0 Å². The number of ketones is 1. The van der Waals surface area contributed by atoms with Gasteiger partial charge in [-0.2, -0.15) is 0 Å². The molecule has 0 spiro atoms. The Hall–Kier alpha value is -0.420. The molecule has 0 radical (unpaired) electrons. The van der Waals surface area contributed by atoms with Crippen molar-refractivity contribution in [2.75, 3.05) is 33.7 Å². The van der Waals surface area contributed by atoms with Crippen LogP contribution in [0.5, 0.6) is 0 Å². The summed E-state index contributed by atoms with van der Waals surface area (Å²) in [5.41, 5.74) is 0. The van der Waals surface area contributed by atoms with E-state index in [9.17, 15) is 4.79 Å². The molecule has 1 atom stereocenters. The summed E-state index contributed by atoms with van der Waals surface area (Å²) in [6.07, 6.45) is 0. The third-order valence-corrected chi connectivity index (χ3v) is 4.35. The van der Waals surface area contributed by atoms with Crippen LogP contribution < -0.4 is 0 Å². The van der Waals surface area contributed by atoms with Crippen LogP contribution in [0.25, 0.3) is 0 Å². The van der Waals surface area contributed by atoms with Crippen molar-refractivity contribution in [2.45, 2.75) is 6.04 Å². The van der Waals surface area contributed by atoms with Crippen molar-refractivity contribution in [1.82, 2.24) is 9.80 Å². The Morgan fingerprint density at radius 1 is 1.50 bits per heavy atom. The average molecular weight is 259 g/mol. The normalized spacial score (nSPS) is 23.6. The van der Waals surface area contributed by atoms with Gasteiger partial charge in [0, 0.05) is 19.6 Å². The molecule has 5 heteroatoms. The number of thiophene rings is 1. The first-order chi connectivity index (χ1) is 7.59. The van der Waals surface area contributed by atoms with Crippen LogP contribution in [-0.4, -0.2) is 55.4 Å². The maximum Gasteiger partial charge on any atom is 0.192 e. The molecule has 1 aliphatic heterocycles. The third kappa shape index (κ3) is 2.30. The molecule has 3 nitrogen and oxygen atoms in total. The highest BCUT2D eigenvalue weighted by Crippen LogP contribution is 2.25. The van der Waals surface area contributed by atoms with Gasteiger partial charge in [0.2, 0.25) is 0 Å². The van der Waals surface area contributed by atoms with Crippen molar-refractivity contribution in [3.63, 3.8) is 0 Å². The number of halogens is 1. The molecule has 0 bridgehead atoms. The quantitative estimate of drug-likeness (QED) is 0.757. The molecule has 88 valence electrons. The highest BCUT2D eigenvalue weighted by molar-refractivity contribution is 7.12. The number of piperazine rings is 1. The van der Waals surface area contributed by atoms with E-state index in [-0.39, 0.29) is 11.8 Å². The van der Waals surface area contributed by atoms with E-state index >= 15 is 0 Å². The Morgan fingerprint density at radius 3 is 2.88 bits per heavy atom. The molecule has 0 aromatic carbocycles. The largest absolute Gasteiger partial charge is 0.303 e. The Labute approximate surface area is 105 Å². The van der Waals surface area contributed by atoms with Gasteiger partial charge in [-0.1, -0.05) is 11.6 Å². The predicted octanol–water partition coefficient (Wildman–Crippen LogP) is 1.83. The van der Waals surface area contributed by atoms with Gasteiger partial charge in [-0.05, 0) is 25.5 Å². The van der Waals surface area contributed by atoms with Gasteiger partial charge in [0.1, 0.15) is 0 Å². The predicted molar refractivity (Wildman–Crippen MR) is 67.6 cm³/mol. The first kappa shape index (κ1) is 12.0. The smallest absolute Gasteiger partial charge is 0.192 e. The van der Waals surface area contributed by atoms with Gasteiger partial charge in [0.05, 0.1) is 15.9 Å². The van der Waals surface area contributed by atoms with E-state index in [4.69, 9.17) is 11.6 Å². The molecule has 0 saturated carbocycles. The highest BCUT2D eigenvalue weighted by atomic mass is 35.5. The summed E-state index contributed by atoms with van der Waals surface area (Å²) in [7, 11) is 4.04. The molecular formula is C11H15ClN2OS. The van der Waals surface area contributed by atoms with Crippen LogP contribution in [0.3, 0.4) is 0 Å². The van der Waals surface area contributed by atoms with E-state index in [1.165, 1.54) is 11.3 Å². The zero-order valence-electron chi connectivity index (χ0n) is 9.44. The van der Waals surface area contributed by atoms with Crippen LogP contribution >= 0.6 is 22.9 Å². The Balaban J connectivity index is 2.18. The monoisotopic (exact) mass is 258 g/mol. The number of likely N-dealkylation sites (N-methyl/N-ethyl adjacent to an activating group) is 2. The SMILES string of the molecule is CN1CCN(C)C(C(=O)c2sccc2Cl)C1. The average Bonchev–Trinajstić information content (AvgIpc) is 2.67. The lowest BCUT2D eigenvalue weighted by molar-refractivity contribution is 0.0690. The molecule has 16 heavy (non-hydrogen) atoms. The van der Waals surface area contributed by atoms with Crippen molar-refractivity contribution < 1.29 is 4.79 Å². The van der Waals surface area contributed by atoms with Crippen LogP contribution in [0.15, 0.2) is 11.4 Å². The molecule has 1 aromatic heterocycles. The lowest BCUT2D eigenvalue weighted by atomic mass is 10.1. The molecule has 0 amide bonds. The standard InChI is InChI=1S/C11H15ClN2OS/c1-13-4-5-14(2)9(7-13)10(15)11-8(12)3-6-16-11/h3,6,9H,4-5,7H2,1-2H3. The van der Waals surface area contributed by atoms with Crippen LogP contribution in [0, 0.1) is 0 Å². The zero-order valence-corrected chi connectivity index (χ0v) is 11.0. The van der Waals surface area contributed by atoms with E-state index < -0.39 is 0 Å². The topological polar surface area (TPSA) is 23.6 Å². The highest BCUT2D eigenvalue weighted by Gasteiger charge is 2.30. The number of carbonyl (C=O) groups is 1. The molecule has 1 saturated heterocycles. The minimum Gasteiger partial charge on any atom is -0.303 e. The van der Waals surface area contributed by atoms with E-state index in [0.29, 0.717) is 9.90 Å². The van der Waals surface area contributed by atoms with Gasteiger partial charge < -0.3 is 4.90 Å². The number of hydrogen-bond donors (Lipinski definition) is 0. The molecule has 0 N–H and O–H groups in total. The van der Waals surface area contributed by atoms with Crippen molar-refractivity contribution in [1.29, 1.82) is 0 Å². The summed E-state index contributed by atoms with van der Waals surface area (Å²) in [6, 6.07) is 1.72. The molecule has 1 aromatic rings. The van der Waals surface area contributed by atoms with Gasteiger partial charge in [0.15, 0.2) is 5.78 Å². The fourth-order valence-electron chi connectivity index (χ4n) is 1.91. The summed E-state index contributed by atoms with van der Waals surface area (Å²) in [5.74, 6) is 0.147. The summed E-state index contributed by atoms with van der Waals surface area (Å²) in [4.78, 5) is 17.3. The number of rotatable bonds is 2. The second-order valence-corrected chi connectivity index (χ2v) is 5.54. The van der Waals surface area contributed by atoms with Crippen molar-refractivity contribution in [2.24, 2.45) is 0 Å². The van der Waals surface area contributed by atoms with Crippen LogP contribution in [0.2, 0.25) is 5.02 Å². The van der Waals surface area contributed by atoms with E-state index in [1.807, 2.05) is 19.5 Å². The van der Waals surface area contributed by atoms with Crippen LogP contribution in [0.4, 0.5) is 0 Å². The molecule has 1 fully saturated rings.